The summed E-state index contributed by atoms with van der Waals surface area (Å²) < 4.78 is 25.7. The lowest BCUT2D eigenvalue weighted by Crippen LogP contribution is -2.31. The van der Waals surface area contributed by atoms with Gasteiger partial charge in [0.15, 0.2) is 11.6 Å². The molecule has 1 fully saturated rings. The molecule has 1 aromatic carbocycles. The lowest BCUT2D eigenvalue weighted by molar-refractivity contribution is 0.0950. The highest BCUT2D eigenvalue weighted by atomic mass is 19.2. The summed E-state index contributed by atoms with van der Waals surface area (Å²) in [5, 5.41) is 6.03. The molecule has 0 radical (unpaired) electrons. The molecule has 0 saturated carbocycles. The van der Waals surface area contributed by atoms with Gasteiger partial charge in [0.05, 0.1) is 0 Å². The maximum absolute atomic E-state index is 13.0. The molecular formula is C14H18F2N2O. The average molecular weight is 268 g/mol. The first-order valence-corrected chi connectivity index (χ1v) is 6.61. The number of nitrogens with one attached hydrogen (secondary N) is 2. The summed E-state index contributed by atoms with van der Waals surface area (Å²) in [6, 6.07) is 3.19. The molecule has 104 valence electrons. The van der Waals surface area contributed by atoms with Crippen molar-refractivity contribution in [1.82, 2.24) is 10.6 Å². The van der Waals surface area contributed by atoms with Crippen molar-refractivity contribution < 1.29 is 13.6 Å². The Bertz CT molecular complexity index is 445. The first-order valence-electron chi connectivity index (χ1n) is 6.61. The predicted molar refractivity (Wildman–Crippen MR) is 68.9 cm³/mol. The normalized spacial score (nSPS) is 16.3. The molecule has 0 aliphatic carbocycles. The number of rotatable bonds is 4. The van der Waals surface area contributed by atoms with Crippen molar-refractivity contribution in [2.24, 2.45) is 5.92 Å². The summed E-state index contributed by atoms with van der Waals surface area (Å²) in [5.74, 6) is -1.66. The quantitative estimate of drug-likeness (QED) is 0.878. The van der Waals surface area contributed by atoms with E-state index in [0.717, 1.165) is 44.5 Å². The van der Waals surface area contributed by atoms with Gasteiger partial charge in [0.2, 0.25) is 0 Å². The average Bonchev–Trinajstić information content (AvgIpc) is 2.43. The second-order valence-corrected chi connectivity index (χ2v) is 4.87. The van der Waals surface area contributed by atoms with E-state index in [4.69, 9.17) is 0 Å². The molecule has 1 heterocycles. The van der Waals surface area contributed by atoms with E-state index in [1.807, 2.05) is 0 Å². The van der Waals surface area contributed by atoms with E-state index in [9.17, 15) is 13.6 Å². The monoisotopic (exact) mass is 268 g/mol. The summed E-state index contributed by atoms with van der Waals surface area (Å²) in [4.78, 5) is 11.7. The number of hydrogen-bond acceptors (Lipinski definition) is 2. The smallest absolute Gasteiger partial charge is 0.251 e. The SMILES string of the molecule is O=C(NCCC1CCNCC1)c1ccc(F)c(F)c1. The number of benzene rings is 1. The van der Waals surface area contributed by atoms with Crippen molar-refractivity contribution in [2.75, 3.05) is 19.6 Å². The van der Waals surface area contributed by atoms with Crippen molar-refractivity contribution in [3.8, 4) is 0 Å². The minimum absolute atomic E-state index is 0.157. The predicted octanol–water partition coefficient (Wildman–Crippen LogP) is 2.08. The lowest BCUT2D eigenvalue weighted by atomic mass is 9.95. The standard InChI is InChI=1S/C14H18F2N2O/c15-12-2-1-11(9-13(12)16)14(19)18-8-5-10-3-6-17-7-4-10/h1-2,9-10,17H,3-8H2,(H,18,19). The van der Waals surface area contributed by atoms with Gasteiger partial charge in [0.25, 0.3) is 5.91 Å². The molecule has 0 spiro atoms. The van der Waals surface area contributed by atoms with Crippen LogP contribution in [0.25, 0.3) is 0 Å². The molecule has 19 heavy (non-hydrogen) atoms. The molecule has 5 heteroatoms. The maximum atomic E-state index is 13.0. The third-order valence-electron chi connectivity index (χ3n) is 3.48. The van der Waals surface area contributed by atoms with Gasteiger partial charge in [-0.1, -0.05) is 0 Å². The molecule has 0 aromatic heterocycles. The Labute approximate surface area is 111 Å². The first kappa shape index (κ1) is 13.9. The van der Waals surface area contributed by atoms with Crippen molar-refractivity contribution in [3.63, 3.8) is 0 Å². The number of halogens is 2. The van der Waals surface area contributed by atoms with Crippen LogP contribution in [0.4, 0.5) is 8.78 Å². The van der Waals surface area contributed by atoms with Gasteiger partial charge < -0.3 is 10.6 Å². The van der Waals surface area contributed by atoms with Gasteiger partial charge in [-0.2, -0.15) is 0 Å². The van der Waals surface area contributed by atoms with Crippen molar-refractivity contribution in [3.05, 3.63) is 35.4 Å². The Balaban J connectivity index is 1.78. The fourth-order valence-electron chi connectivity index (χ4n) is 2.30. The van der Waals surface area contributed by atoms with Crippen LogP contribution in [-0.4, -0.2) is 25.5 Å². The van der Waals surface area contributed by atoms with Crippen LogP contribution in [0.3, 0.4) is 0 Å². The van der Waals surface area contributed by atoms with Crippen molar-refractivity contribution >= 4 is 5.91 Å². The summed E-state index contributed by atoms with van der Waals surface area (Å²) in [6.45, 7) is 2.63. The molecule has 1 aromatic rings. The van der Waals surface area contributed by atoms with Gasteiger partial charge in [-0.25, -0.2) is 8.78 Å². The number of carbonyl (C=O) groups is 1. The molecule has 1 saturated heterocycles. The van der Waals surface area contributed by atoms with Crippen molar-refractivity contribution in [1.29, 1.82) is 0 Å². The van der Waals surface area contributed by atoms with Gasteiger partial charge in [0, 0.05) is 12.1 Å². The first-order chi connectivity index (χ1) is 9.16. The van der Waals surface area contributed by atoms with Crippen LogP contribution in [-0.2, 0) is 0 Å². The topological polar surface area (TPSA) is 41.1 Å². The van der Waals surface area contributed by atoms with E-state index in [1.165, 1.54) is 6.07 Å². The van der Waals surface area contributed by atoms with Crippen LogP contribution in [0.1, 0.15) is 29.6 Å². The summed E-state index contributed by atoms with van der Waals surface area (Å²) in [6.07, 6.45) is 3.18. The van der Waals surface area contributed by atoms with E-state index in [2.05, 4.69) is 10.6 Å². The third kappa shape index (κ3) is 3.99. The van der Waals surface area contributed by atoms with E-state index in [1.54, 1.807) is 0 Å². The molecule has 3 nitrogen and oxygen atoms in total. The number of carbonyl (C=O) groups excluding carboxylic acids is 1. The minimum atomic E-state index is -0.994. The van der Waals surface area contributed by atoms with E-state index in [-0.39, 0.29) is 11.5 Å². The van der Waals surface area contributed by atoms with Crippen molar-refractivity contribution in [2.45, 2.75) is 19.3 Å². The fraction of sp³-hybridized carbons (Fsp3) is 0.500. The van der Waals surface area contributed by atoms with Gasteiger partial charge in [0.1, 0.15) is 0 Å². The second-order valence-electron chi connectivity index (χ2n) is 4.87. The number of piperidine rings is 1. The molecule has 1 aliphatic rings. The molecule has 0 atom stereocenters. The van der Waals surface area contributed by atoms with Crippen LogP contribution in [0.2, 0.25) is 0 Å². The minimum Gasteiger partial charge on any atom is -0.352 e. The highest BCUT2D eigenvalue weighted by Crippen LogP contribution is 2.15. The highest BCUT2D eigenvalue weighted by Gasteiger charge is 2.14. The van der Waals surface area contributed by atoms with Crippen LogP contribution >= 0.6 is 0 Å². The van der Waals surface area contributed by atoms with Gasteiger partial charge in [-0.15, -0.1) is 0 Å². The Morgan fingerprint density at radius 2 is 2.00 bits per heavy atom. The zero-order valence-corrected chi connectivity index (χ0v) is 10.7. The number of amides is 1. The summed E-state index contributed by atoms with van der Waals surface area (Å²) in [7, 11) is 0. The molecule has 0 unspecified atom stereocenters. The van der Waals surface area contributed by atoms with Gasteiger partial charge in [-0.3, -0.25) is 4.79 Å². The Kier molecular flexibility index (Phi) is 4.85. The van der Waals surface area contributed by atoms with Crippen LogP contribution < -0.4 is 10.6 Å². The fourth-order valence-corrected chi connectivity index (χ4v) is 2.30. The summed E-state index contributed by atoms with van der Waals surface area (Å²) >= 11 is 0. The highest BCUT2D eigenvalue weighted by molar-refractivity contribution is 5.94. The van der Waals surface area contributed by atoms with E-state index >= 15 is 0 Å². The molecule has 2 rings (SSSR count). The zero-order chi connectivity index (χ0) is 13.7. The maximum Gasteiger partial charge on any atom is 0.251 e. The third-order valence-corrected chi connectivity index (χ3v) is 3.48. The summed E-state index contributed by atoms with van der Waals surface area (Å²) in [5.41, 5.74) is 0.157. The van der Waals surface area contributed by atoms with E-state index in [0.29, 0.717) is 12.5 Å². The Hall–Kier alpha value is -1.49. The van der Waals surface area contributed by atoms with Gasteiger partial charge >= 0.3 is 0 Å². The Morgan fingerprint density at radius 3 is 2.68 bits per heavy atom. The molecular weight excluding hydrogens is 250 g/mol. The van der Waals surface area contributed by atoms with E-state index < -0.39 is 11.6 Å². The van der Waals surface area contributed by atoms with Crippen LogP contribution in [0.15, 0.2) is 18.2 Å². The lowest BCUT2D eigenvalue weighted by Gasteiger charge is -2.22. The molecule has 1 amide bonds. The number of hydrogen-bond donors (Lipinski definition) is 2. The van der Waals surface area contributed by atoms with Crippen LogP contribution in [0.5, 0.6) is 0 Å². The zero-order valence-electron chi connectivity index (χ0n) is 10.7. The second kappa shape index (κ2) is 6.61. The van der Waals surface area contributed by atoms with Crippen LogP contribution in [0, 0.1) is 17.6 Å². The molecule has 0 bridgehead atoms. The molecule has 1 aliphatic heterocycles. The largest absolute Gasteiger partial charge is 0.352 e. The van der Waals surface area contributed by atoms with Gasteiger partial charge in [-0.05, 0) is 56.5 Å². The molecule has 2 N–H and O–H groups in total. The Morgan fingerprint density at radius 1 is 1.26 bits per heavy atom.